The standard InChI is InChI=1S/C31H47N5O9/c1-3-5-16-43-29(41)31(14-10-11-15-31)45-22-35-26(38)19-33-28(40)24(18-23-12-8-7-9-13-23)36-27(39)21-32-25(37)20-34-30(42)44-17-6-4-2/h7-9,12-13,24H,3-6,10-11,14-22H2,1-2H3,(H,32,37)(H,33,40)(H,34,42)(H,35,38)(H,36,39)/t24-/m0/s1. The van der Waals surface area contributed by atoms with Crippen LogP contribution in [0.1, 0.15) is 70.8 Å². The SMILES string of the molecule is CCCCOC(=O)NCC(=O)NCC(=O)N[C@@H](Cc1ccccc1)C(=O)NCC(=O)NCOC1(C(=O)OCCCC)CCCC1. The van der Waals surface area contributed by atoms with Crippen molar-refractivity contribution in [3.05, 3.63) is 35.9 Å². The van der Waals surface area contributed by atoms with Crippen LogP contribution in [0.25, 0.3) is 0 Å². The number of carbonyl (C=O) groups excluding carboxylic acids is 6. The fraction of sp³-hybridized carbons (Fsp3) is 0.613. The average Bonchev–Trinajstić information content (AvgIpc) is 3.52. The summed E-state index contributed by atoms with van der Waals surface area (Å²) in [5, 5.41) is 12.3. The molecule has 0 aliphatic heterocycles. The number of alkyl carbamates (subject to hydrolysis) is 1. The van der Waals surface area contributed by atoms with Gasteiger partial charge >= 0.3 is 12.1 Å². The molecule has 2 rings (SSSR count). The maximum Gasteiger partial charge on any atom is 0.407 e. The van der Waals surface area contributed by atoms with Gasteiger partial charge in [-0.1, -0.05) is 57.0 Å². The summed E-state index contributed by atoms with van der Waals surface area (Å²) in [5.41, 5.74) is -0.322. The van der Waals surface area contributed by atoms with Gasteiger partial charge in [0.1, 0.15) is 19.3 Å². The van der Waals surface area contributed by atoms with Gasteiger partial charge in [0.25, 0.3) is 0 Å². The fourth-order valence-corrected chi connectivity index (χ4v) is 4.46. The van der Waals surface area contributed by atoms with Crippen LogP contribution in [0.3, 0.4) is 0 Å². The second kappa shape index (κ2) is 20.7. The predicted molar refractivity (Wildman–Crippen MR) is 164 cm³/mol. The lowest BCUT2D eigenvalue weighted by Crippen LogP contribution is -2.52. The molecule has 0 bridgehead atoms. The largest absolute Gasteiger partial charge is 0.464 e. The minimum absolute atomic E-state index is 0.130. The Balaban J connectivity index is 1.83. The topological polar surface area (TPSA) is 190 Å². The van der Waals surface area contributed by atoms with E-state index >= 15 is 0 Å². The number of carbonyl (C=O) groups is 6. The molecule has 1 aliphatic rings. The van der Waals surface area contributed by atoms with Gasteiger partial charge in [0.05, 0.1) is 26.3 Å². The zero-order chi connectivity index (χ0) is 32.9. The zero-order valence-corrected chi connectivity index (χ0v) is 26.2. The van der Waals surface area contributed by atoms with Gasteiger partial charge in [-0.15, -0.1) is 0 Å². The van der Waals surface area contributed by atoms with Crippen LogP contribution in [-0.2, 0) is 44.6 Å². The number of amides is 5. The van der Waals surface area contributed by atoms with Crippen LogP contribution in [-0.4, -0.2) is 86.9 Å². The van der Waals surface area contributed by atoms with Crippen molar-refractivity contribution in [1.82, 2.24) is 26.6 Å². The Kier molecular flexibility index (Phi) is 17.0. The highest BCUT2D eigenvalue weighted by atomic mass is 16.6. The third kappa shape index (κ3) is 14.4. The van der Waals surface area contributed by atoms with Gasteiger partial charge in [0, 0.05) is 6.42 Å². The van der Waals surface area contributed by atoms with E-state index in [-0.39, 0.29) is 26.3 Å². The number of nitrogens with one attached hydrogen (secondary N) is 5. The second-order valence-electron chi connectivity index (χ2n) is 10.7. The summed E-state index contributed by atoms with van der Waals surface area (Å²) in [5.74, 6) is -2.84. The fourth-order valence-electron chi connectivity index (χ4n) is 4.46. The summed E-state index contributed by atoms with van der Waals surface area (Å²) in [6, 6.07) is 7.92. The molecule has 0 spiro atoms. The highest BCUT2D eigenvalue weighted by Gasteiger charge is 2.44. The van der Waals surface area contributed by atoms with Crippen molar-refractivity contribution in [2.45, 2.75) is 83.3 Å². The summed E-state index contributed by atoms with van der Waals surface area (Å²) in [7, 11) is 0. The Morgan fingerprint density at radius 2 is 1.36 bits per heavy atom. The van der Waals surface area contributed by atoms with Crippen LogP contribution < -0.4 is 26.6 Å². The molecular formula is C31H47N5O9. The van der Waals surface area contributed by atoms with Gasteiger partial charge in [-0.2, -0.15) is 0 Å². The van der Waals surface area contributed by atoms with Crippen LogP contribution in [0, 0.1) is 0 Å². The molecule has 1 saturated carbocycles. The molecule has 1 fully saturated rings. The maximum atomic E-state index is 13.0. The minimum Gasteiger partial charge on any atom is -0.464 e. The first-order valence-corrected chi connectivity index (χ1v) is 15.5. The summed E-state index contributed by atoms with van der Waals surface area (Å²) in [6.45, 7) is 3.06. The van der Waals surface area contributed by atoms with Crippen LogP contribution in [0.15, 0.2) is 30.3 Å². The van der Waals surface area contributed by atoms with Gasteiger partial charge in [-0.25, -0.2) is 9.59 Å². The third-order valence-corrected chi connectivity index (χ3v) is 7.06. The van der Waals surface area contributed by atoms with Gasteiger partial charge in [-0.05, 0) is 44.1 Å². The highest BCUT2D eigenvalue weighted by molar-refractivity contribution is 5.92. The van der Waals surface area contributed by atoms with Crippen molar-refractivity contribution >= 4 is 35.7 Å². The molecule has 1 atom stereocenters. The predicted octanol–water partition coefficient (Wildman–Crippen LogP) is 1.22. The van der Waals surface area contributed by atoms with E-state index < -0.39 is 60.4 Å². The third-order valence-electron chi connectivity index (χ3n) is 7.06. The number of rotatable bonds is 20. The lowest BCUT2D eigenvalue weighted by atomic mass is 10.0. The lowest BCUT2D eigenvalue weighted by molar-refractivity contribution is -0.174. The minimum atomic E-state index is -1.08. The number of unbranched alkanes of at least 4 members (excludes halogenated alkanes) is 2. The molecule has 14 nitrogen and oxygen atoms in total. The molecule has 250 valence electrons. The van der Waals surface area contributed by atoms with Crippen LogP contribution >= 0.6 is 0 Å². The van der Waals surface area contributed by atoms with E-state index in [0.717, 1.165) is 37.7 Å². The summed E-state index contributed by atoms with van der Waals surface area (Å²) >= 11 is 0. The van der Waals surface area contributed by atoms with Crippen LogP contribution in [0.2, 0.25) is 0 Å². The molecule has 0 radical (unpaired) electrons. The Morgan fingerprint density at radius 1 is 0.756 bits per heavy atom. The first-order chi connectivity index (χ1) is 21.7. The molecule has 1 aliphatic carbocycles. The normalized spacial score (nSPS) is 14.0. The Bertz CT molecular complexity index is 1110. The molecule has 0 aromatic heterocycles. The molecule has 14 heteroatoms. The quantitative estimate of drug-likeness (QED) is 0.0798. The van der Waals surface area contributed by atoms with E-state index in [9.17, 15) is 28.8 Å². The molecular weight excluding hydrogens is 586 g/mol. The van der Waals surface area contributed by atoms with E-state index in [0.29, 0.717) is 25.9 Å². The van der Waals surface area contributed by atoms with Crippen molar-refractivity contribution in [3.63, 3.8) is 0 Å². The van der Waals surface area contributed by atoms with E-state index in [4.69, 9.17) is 14.2 Å². The molecule has 1 aromatic rings. The Hall–Kier alpha value is -4.20. The number of esters is 1. The maximum absolute atomic E-state index is 13.0. The van der Waals surface area contributed by atoms with E-state index in [1.807, 2.05) is 19.9 Å². The van der Waals surface area contributed by atoms with E-state index in [1.54, 1.807) is 24.3 Å². The van der Waals surface area contributed by atoms with Crippen molar-refractivity contribution in [2.75, 3.05) is 39.6 Å². The van der Waals surface area contributed by atoms with Gasteiger partial charge in [0.2, 0.25) is 23.6 Å². The van der Waals surface area contributed by atoms with Crippen LogP contribution in [0.5, 0.6) is 0 Å². The Morgan fingerprint density at radius 3 is 2.02 bits per heavy atom. The second-order valence-corrected chi connectivity index (χ2v) is 10.7. The molecule has 1 aromatic carbocycles. The number of hydrogen-bond donors (Lipinski definition) is 5. The molecule has 0 unspecified atom stereocenters. The summed E-state index contributed by atoms with van der Waals surface area (Å²) in [6.07, 6.45) is 5.25. The van der Waals surface area contributed by atoms with Crippen molar-refractivity contribution < 1.29 is 43.0 Å². The van der Waals surface area contributed by atoms with E-state index in [2.05, 4.69) is 26.6 Å². The van der Waals surface area contributed by atoms with Crippen molar-refractivity contribution in [3.8, 4) is 0 Å². The smallest absolute Gasteiger partial charge is 0.407 e. The highest BCUT2D eigenvalue weighted by Crippen LogP contribution is 2.34. The number of hydrogen-bond acceptors (Lipinski definition) is 9. The van der Waals surface area contributed by atoms with E-state index in [1.165, 1.54) is 0 Å². The van der Waals surface area contributed by atoms with Crippen molar-refractivity contribution in [2.24, 2.45) is 0 Å². The number of benzene rings is 1. The molecule has 0 saturated heterocycles. The van der Waals surface area contributed by atoms with Gasteiger partial charge < -0.3 is 40.8 Å². The molecule has 0 heterocycles. The first kappa shape index (κ1) is 37.0. The zero-order valence-electron chi connectivity index (χ0n) is 26.2. The lowest BCUT2D eigenvalue weighted by Gasteiger charge is -2.27. The van der Waals surface area contributed by atoms with Crippen molar-refractivity contribution in [1.29, 1.82) is 0 Å². The van der Waals surface area contributed by atoms with Gasteiger partial charge in [-0.3, -0.25) is 19.2 Å². The molecule has 5 amide bonds. The van der Waals surface area contributed by atoms with Gasteiger partial charge in [0.15, 0.2) is 5.60 Å². The summed E-state index contributed by atoms with van der Waals surface area (Å²) < 4.78 is 16.1. The average molecular weight is 634 g/mol. The first-order valence-electron chi connectivity index (χ1n) is 15.5. The number of ether oxygens (including phenoxy) is 3. The molecule has 45 heavy (non-hydrogen) atoms. The Labute approximate surface area is 264 Å². The van der Waals surface area contributed by atoms with Crippen LogP contribution in [0.4, 0.5) is 4.79 Å². The monoisotopic (exact) mass is 633 g/mol. The molecule has 5 N–H and O–H groups in total. The summed E-state index contributed by atoms with van der Waals surface area (Å²) in [4.78, 5) is 74.3.